The highest BCUT2D eigenvalue weighted by Crippen LogP contribution is 2.17. The smallest absolute Gasteiger partial charge is 0.244 e. The number of aliphatic imine (C=N–C) groups is 1. The molecule has 1 saturated carbocycles. The molecule has 4 N–H and O–H groups in total. The molecule has 0 aromatic rings. The number of guanidine groups is 1. The van der Waals surface area contributed by atoms with Crippen LogP contribution < -0.4 is 16.6 Å². The van der Waals surface area contributed by atoms with Gasteiger partial charge in [0.2, 0.25) is 11.9 Å². The van der Waals surface area contributed by atoms with Crippen LogP contribution in [0.1, 0.15) is 39.0 Å². The lowest BCUT2D eigenvalue weighted by atomic mass is 9.96. The van der Waals surface area contributed by atoms with Gasteiger partial charge in [0.05, 0.1) is 0 Å². The number of rotatable bonds is 4. The van der Waals surface area contributed by atoms with Crippen LogP contribution in [0.15, 0.2) is 4.99 Å². The van der Waals surface area contributed by atoms with E-state index in [-0.39, 0.29) is 12.5 Å². The van der Waals surface area contributed by atoms with Crippen molar-refractivity contribution in [1.82, 2.24) is 15.6 Å². The number of hydrogen-bond acceptors (Lipinski definition) is 3. The largest absolute Gasteiger partial charge is 0.353 e. The molecule has 0 heterocycles. The zero-order valence-corrected chi connectivity index (χ0v) is 11.4. The van der Waals surface area contributed by atoms with Crippen LogP contribution in [0.3, 0.4) is 0 Å². The summed E-state index contributed by atoms with van der Waals surface area (Å²) in [4.78, 5) is 17.4. The van der Waals surface area contributed by atoms with Gasteiger partial charge in [-0.15, -0.1) is 0 Å². The van der Waals surface area contributed by atoms with Crippen molar-refractivity contribution in [2.24, 2.45) is 10.8 Å². The van der Waals surface area contributed by atoms with Gasteiger partial charge in [0.1, 0.15) is 6.54 Å². The van der Waals surface area contributed by atoms with E-state index in [0.717, 1.165) is 12.8 Å². The van der Waals surface area contributed by atoms with Gasteiger partial charge in [0, 0.05) is 19.6 Å². The number of hydrogen-bond donors (Lipinski definition) is 3. The van der Waals surface area contributed by atoms with Crippen molar-refractivity contribution in [3.05, 3.63) is 0 Å². The topological polar surface area (TPSA) is 82.8 Å². The van der Waals surface area contributed by atoms with Crippen LogP contribution in [0.5, 0.6) is 0 Å². The molecule has 1 aliphatic carbocycles. The average molecular weight is 255 g/mol. The minimum absolute atomic E-state index is 0.00399. The van der Waals surface area contributed by atoms with E-state index < -0.39 is 0 Å². The fourth-order valence-corrected chi connectivity index (χ4v) is 2.02. The first kappa shape index (κ1) is 14.8. The van der Waals surface area contributed by atoms with E-state index in [1.54, 1.807) is 11.9 Å². The normalized spacial score (nSPS) is 17.4. The van der Waals surface area contributed by atoms with E-state index in [2.05, 4.69) is 15.7 Å². The Balaban J connectivity index is 2.41. The van der Waals surface area contributed by atoms with Crippen LogP contribution >= 0.6 is 0 Å². The Bertz CT molecular complexity index is 286. The first-order valence-corrected chi connectivity index (χ1v) is 6.69. The van der Waals surface area contributed by atoms with Crippen LogP contribution in [-0.2, 0) is 4.79 Å². The molecule has 1 amide bonds. The molecule has 0 aliphatic heterocycles. The Kier molecular flexibility index (Phi) is 6.49. The maximum atomic E-state index is 11.6. The Morgan fingerprint density at radius 1 is 1.39 bits per heavy atom. The van der Waals surface area contributed by atoms with Gasteiger partial charge >= 0.3 is 0 Å². The zero-order valence-electron chi connectivity index (χ0n) is 11.4. The summed E-state index contributed by atoms with van der Waals surface area (Å²) < 4.78 is 0. The highest BCUT2D eigenvalue weighted by molar-refractivity contribution is 5.84. The molecule has 0 unspecified atom stereocenters. The molecule has 1 aliphatic rings. The molecular formula is C12H25N5O. The number of nitrogens with two attached hydrogens (primary N) is 1. The van der Waals surface area contributed by atoms with E-state index in [0.29, 0.717) is 18.5 Å². The summed E-state index contributed by atoms with van der Waals surface area (Å²) in [6, 6.07) is 0.424. The maximum Gasteiger partial charge on any atom is 0.244 e. The highest BCUT2D eigenvalue weighted by atomic mass is 16.2. The summed E-state index contributed by atoms with van der Waals surface area (Å²) in [5.41, 5.74) is 2.53. The van der Waals surface area contributed by atoms with Gasteiger partial charge in [0.25, 0.3) is 0 Å². The Hall–Kier alpha value is -1.30. The SMILES string of the molecule is CCN(C)C(=O)CN=C(NN)NC1CCCCC1. The van der Waals surface area contributed by atoms with Gasteiger partial charge in [-0.05, 0) is 19.8 Å². The molecule has 18 heavy (non-hydrogen) atoms. The number of nitrogens with zero attached hydrogens (tertiary/aromatic N) is 2. The quantitative estimate of drug-likeness (QED) is 0.290. The molecule has 0 aromatic heterocycles. The third-order valence-corrected chi connectivity index (χ3v) is 3.36. The van der Waals surface area contributed by atoms with Gasteiger partial charge in [-0.2, -0.15) is 0 Å². The molecule has 0 spiro atoms. The standard InChI is InChI=1S/C12H25N5O/c1-3-17(2)11(18)9-14-12(16-13)15-10-7-5-4-6-8-10/h10H,3-9,13H2,1-2H3,(H2,14,15,16). The van der Waals surface area contributed by atoms with E-state index in [4.69, 9.17) is 5.84 Å². The molecule has 6 nitrogen and oxygen atoms in total. The van der Waals surface area contributed by atoms with Gasteiger partial charge in [-0.1, -0.05) is 19.3 Å². The van der Waals surface area contributed by atoms with Gasteiger partial charge in [-0.3, -0.25) is 10.2 Å². The van der Waals surface area contributed by atoms with Crippen molar-refractivity contribution < 1.29 is 4.79 Å². The molecule has 0 aromatic carbocycles. The van der Waals surface area contributed by atoms with E-state index in [1.165, 1.54) is 19.3 Å². The molecule has 0 radical (unpaired) electrons. The molecule has 1 fully saturated rings. The molecule has 0 atom stereocenters. The van der Waals surface area contributed by atoms with E-state index >= 15 is 0 Å². The first-order chi connectivity index (χ1) is 8.67. The van der Waals surface area contributed by atoms with Crippen molar-refractivity contribution in [2.75, 3.05) is 20.1 Å². The lowest BCUT2D eigenvalue weighted by Crippen LogP contribution is -2.47. The van der Waals surface area contributed by atoms with E-state index in [1.807, 2.05) is 6.92 Å². The number of hydrazine groups is 1. The highest BCUT2D eigenvalue weighted by Gasteiger charge is 2.14. The lowest BCUT2D eigenvalue weighted by molar-refractivity contribution is -0.128. The summed E-state index contributed by atoms with van der Waals surface area (Å²) in [5, 5.41) is 3.26. The van der Waals surface area contributed by atoms with Crippen molar-refractivity contribution in [1.29, 1.82) is 0 Å². The van der Waals surface area contributed by atoms with Crippen molar-refractivity contribution in [3.8, 4) is 0 Å². The van der Waals surface area contributed by atoms with Gasteiger partial charge in [0.15, 0.2) is 0 Å². The fraction of sp³-hybridized carbons (Fsp3) is 0.833. The molecule has 0 bridgehead atoms. The number of likely N-dealkylation sites (N-methyl/N-ethyl adjacent to an activating group) is 1. The zero-order chi connectivity index (χ0) is 13.4. The minimum Gasteiger partial charge on any atom is -0.353 e. The van der Waals surface area contributed by atoms with Crippen LogP contribution in [-0.4, -0.2) is 42.9 Å². The Morgan fingerprint density at radius 2 is 2.06 bits per heavy atom. The Morgan fingerprint density at radius 3 is 2.61 bits per heavy atom. The fourth-order valence-electron chi connectivity index (χ4n) is 2.02. The van der Waals surface area contributed by atoms with Crippen LogP contribution in [0.4, 0.5) is 0 Å². The summed E-state index contributed by atoms with van der Waals surface area (Å²) in [7, 11) is 1.77. The summed E-state index contributed by atoms with van der Waals surface area (Å²) in [6.45, 7) is 2.75. The van der Waals surface area contributed by atoms with Crippen LogP contribution in [0.2, 0.25) is 0 Å². The maximum absolute atomic E-state index is 11.6. The van der Waals surface area contributed by atoms with Crippen molar-refractivity contribution in [3.63, 3.8) is 0 Å². The third-order valence-electron chi connectivity index (χ3n) is 3.36. The predicted octanol–water partition coefficient (Wildman–Crippen LogP) is 0.206. The predicted molar refractivity (Wildman–Crippen MR) is 72.9 cm³/mol. The minimum atomic E-state index is -0.00399. The summed E-state index contributed by atoms with van der Waals surface area (Å²) >= 11 is 0. The lowest BCUT2D eigenvalue weighted by Gasteiger charge is -2.24. The number of nitrogens with one attached hydrogen (secondary N) is 2. The number of carbonyl (C=O) groups excluding carboxylic acids is 1. The second-order valence-electron chi connectivity index (χ2n) is 4.70. The third kappa shape index (κ3) is 4.91. The average Bonchev–Trinajstić information content (AvgIpc) is 2.43. The van der Waals surface area contributed by atoms with E-state index in [9.17, 15) is 4.79 Å². The summed E-state index contributed by atoms with van der Waals surface area (Å²) in [5.74, 6) is 5.93. The number of amides is 1. The van der Waals surface area contributed by atoms with Gasteiger partial charge in [-0.25, -0.2) is 10.8 Å². The monoisotopic (exact) mass is 255 g/mol. The van der Waals surface area contributed by atoms with Gasteiger partial charge < -0.3 is 10.2 Å². The molecule has 6 heteroatoms. The first-order valence-electron chi connectivity index (χ1n) is 6.69. The molecule has 104 valence electrons. The second-order valence-corrected chi connectivity index (χ2v) is 4.70. The molecular weight excluding hydrogens is 230 g/mol. The van der Waals surface area contributed by atoms with Crippen LogP contribution in [0, 0.1) is 0 Å². The number of carbonyl (C=O) groups is 1. The second kappa shape index (κ2) is 7.92. The van der Waals surface area contributed by atoms with Crippen molar-refractivity contribution >= 4 is 11.9 Å². The molecule has 0 saturated heterocycles. The van der Waals surface area contributed by atoms with Crippen molar-refractivity contribution in [2.45, 2.75) is 45.1 Å². The summed E-state index contributed by atoms with van der Waals surface area (Å²) in [6.07, 6.45) is 6.08. The van der Waals surface area contributed by atoms with Crippen LogP contribution in [0.25, 0.3) is 0 Å². The Labute approximate surface area is 109 Å². The molecule has 1 rings (SSSR count).